The summed E-state index contributed by atoms with van der Waals surface area (Å²) in [7, 11) is 0. The van der Waals surface area contributed by atoms with Crippen LogP contribution >= 0.6 is 0 Å². The SMILES string of the molecule is CCCCc1ccc(-c2cc(F)c(C#CC(F)(F)F)c(F)c2)c(F)c1. The van der Waals surface area contributed by atoms with Crippen LogP contribution in [0.15, 0.2) is 30.3 Å². The van der Waals surface area contributed by atoms with E-state index in [0.29, 0.717) is 6.42 Å². The number of rotatable bonds is 4. The molecule has 0 nitrogen and oxygen atoms in total. The average molecular weight is 356 g/mol. The molecule has 0 amide bonds. The molecule has 2 rings (SSSR count). The Morgan fingerprint density at radius 3 is 2.08 bits per heavy atom. The lowest BCUT2D eigenvalue weighted by molar-refractivity contribution is -0.0696. The van der Waals surface area contributed by atoms with Crippen molar-refractivity contribution in [3.05, 3.63) is 58.9 Å². The third kappa shape index (κ3) is 5.02. The highest BCUT2D eigenvalue weighted by molar-refractivity contribution is 5.66. The van der Waals surface area contributed by atoms with Crippen molar-refractivity contribution in [2.75, 3.05) is 0 Å². The van der Waals surface area contributed by atoms with Gasteiger partial charge in [0.2, 0.25) is 0 Å². The molecule has 0 atom stereocenters. The standard InChI is InChI=1S/C19H14F6/c1-2-3-4-12-5-6-14(16(20)9-12)13-10-17(21)15(18(22)11-13)7-8-19(23,24)25/h5-6,9-11H,2-4H2,1H3. The first-order chi connectivity index (χ1) is 11.7. The van der Waals surface area contributed by atoms with Gasteiger partial charge in [-0.2, -0.15) is 13.2 Å². The molecule has 6 heteroatoms. The average Bonchev–Trinajstić information content (AvgIpc) is 2.51. The minimum Gasteiger partial charge on any atom is -0.206 e. The van der Waals surface area contributed by atoms with Crippen LogP contribution in [0.1, 0.15) is 30.9 Å². The van der Waals surface area contributed by atoms with E-state index in [2.05, 4.69) is 0 Å². The van der Waals surface area contributed by atoms with Crippen molar-refractivity contribution >= 4 is 0 Å². The molecular formula is C19H14F6. The van der Waals surface area contributed by atoms with Crippen LogP contribution in [0, 0.1) is 29.3 Å². The summed E-state index contributed by atoms with van der Waals surface area (Å²) < 4.78 is 78.2. The van der Waals surface area contributed by atoms with E-state index in [9.17, 15) is 26.3 Å². The molecule has 0 spiro atoms. The first kappa shape index (κ1) is 18.9. The van der Waals surface area contributed by atoms with Gasteiger partial charge >= 0.3 is 6.18 Å². The predicted octanol–water partition coefficient (Wildman–Crippen LogP) is 6.03. The second-order valence-corrected chi connectivity index (χ2v) is 5.48. The zero-order chi connectivity index (χ0) is 18.6. The molecular weight excluding hydrogens is 342 g/mol. The van der Waals surface area contributed by atoms with E-state index in [1.54, 1.807) is 6.07 Å². The molecule has 0 aliphatic rings. The molecule has 132 valence electrons. The second kappa shape index (κ2) is 7.64. The van der Waals surface area contributed by atoms with Gasteiger partial charge in [-0.25, -0.2) is 13.2 Å². The van der Waals surface area contributed by atoms with Gasteiger partial charge in [-0.1, -0.05) is 31.4 Å². The molecule has 0 bridgehead atoms. The Kier molecular flexibility index (Phi) is 5.78. The molecule has 2 aromatic carbocycles. The summed E-state index contributed by atoms with van der Waals surface area (Å²) >= 11 is 0. The largest absolute Gasteiger partial charge is 0.458 e. The summed E-state index contributed by atoms with van der Waals surface area (Å²) in [5.41, 5.74) is -0.377. The quantitative estimate of drug-likeness (QED) is 0.464. The fourth-order valence-corrected chi connectivity index (χ4v) is 2.31. The Hall–Kier alpha value is -2.42. The first-order valence-corrected chi connectivity index (χ1v) is 7.59. The van der Waals surface area contributed by atoms with E-state index >= 15 is 0 Å². The Morgan fingerprint density at radius 1 is 0.920 bits per heavy atom. The first-order valence-electron chi connectivity index (χ1n) is 7.59. The lowest BCUT2D eigenvalue weighted by atomic mass is 9.99. The predicted molar refractivity (Wildman–Crippen MR) is 83.3 cm³/mol. The zero-order valence-electron chi connectivity index (χ0n) is 13.3. The molecule has 0 aliphatic carbocycles. The van der Waals surface area contributed by atoms with E-state index in [-0.39, 0.29) is 11.1 Å². The van der Waals surface area contributed by atoms with Crippen molar-refractivity contribution in [1.29, 1.82) is 0 Å². The van der Waals surface area contributed by atoms with Crippen LogP contribution in [0.3, 0.4) is 0 Å². The highest BCUT2D eigenvalue weighted by atomic mass is 19.4. The van der Waals surface area contributed by atoms with E-state index in [0.717, 1.165) is 36.5 Å². The number of aryl methyl sites for hydroxylation is 1. The maximum absolute atomic E-state index is 14.2. The summed E-state index contributed by atoms with van der Waals surface area (Å²) in [6, 6.07) is 5.89. The number of unbranched alkanes of at least 4 members (excludes halogenated alkanes) is 1. The topological polar surface area (TPSA) is 0 Å². The third-order valence-electron chi connectivity index (χ3n) is 3.53. The van der Waals surface area contributed by atoms with Crippen molar-refractivity contribution in [1.82, 2.24) is 0 Å². The minimum atomic E-state index is -4.86. The molecule has 0 saturated carbocycles. The van der Waals surface area contributed by atoms with Gasteiger partial charge in [0, 0.05) is 11.5 Å². The monoisotopic (exact) mass is 356 g/mol. The van der Waals surface area contributed by atoms with Crippen molar-refractivity contribution < 1.29 is 26.3 Å². The van der Waals surface area contributed by atoms with E-state index in [1.807, 2.05) is 6.92 Å². The maximum atomic E-state index is 14.2. The van der Waals surface area contributed by atoms with Gasteiger partial charge in [-0.05, 0) is 42.2 Å². The van der Waals surface area contributed by atoms with Crippen molar-refractivity contribution in [2.24, 2.45) is 0 Å². The van der Waals surface area contributed by atoms with Crippen molar-refractivity contribution in [2.45, 2.75) is 32.4 Å². The molecule has 0 aliphatic heterocycles. The summed E-state index contributed by atoms with van der Waals surface area (Å²) in [5.74, 6) is -0.963. The zero-order valence-corrected chi connectivity index (χ0v) is 13.3. The maximum Gasteiger partial charge on any atom is 0.458 e. The molecule has 25 heavy (non-hydrogen) atoms. The number of hydrogen-bond donors (Lipinski definition) is 0. The van der Waals surface area contributed by atoms with Crippen LogP contribution < -0.4 is 0 Å². The van der Waals surface area contributed by atoms with Gasteiger partial charge in [0.25, 0.3) is 0 Å². The number of halogens is 6. The third-order valence-corrected chi connectivity index (χ3v) is 3.53. The van der Waals surface area contributed by atoms with Crippen LogP contribution in [-0.4, -0.2) is 6.18 Å². The van der Waals surface area contributed by atoms with E-state index in [4.69, 9.17) is 0 Å². The molecule has 2 aromatic rings. The molecule has 0 N–H and O–H groups in total. The van der Waals surface area contributed by atoms with Crippen LogP contribution in [0.5, 0.6) is 0 Å². The van der Waals surface area contributed by atoms with Crippen LogP contribution in [0.4, 0.5) is 26.3 Å². The summed E-state index contributed by atoms with van der Waals surface area (Å²) in [6.07, 6.45) is -2.35. The highest BCUT2D eigenvalue weighted by Crippen LogP contribution is 2.28. The summed E-state index contributed by atoms with van der Waals surface area (Å²) in [4.78, 5) is 0. The summed E-state index contributed by atoms with van der Waals surface area (Å²) in [5, 5.41) is 0. The van der Waals surface area contributed by atoms with Gasteiger partial charge < -0.3 is 0 Å². The highest BCUT2D eigenvalue weighted by Gasteiger charge is 2.23. The molecule has 0 radical (unpaired) electrons. The molecule has 0 fully saturated rings. The Labute approximate surface area is 141 Å². The lowest BCUT2D eigenvalue weighted by Gasteiger charge is -2.08. The fraction of sp³-hybridized carbons (Fsp3) is 0.263. The van der Waals surface area contributed by atoms with Gasteiger partial charge in [0.15, 0.2) is 0 Å². The smallest absolute Gasteiger partial charge is 0.206 e. The van der Waals surface area contributed by atoms with Gasteiger partial charge in [0.05, 0.1) is 5.56 Å². The molecule has 0 unspecified atom stereocenters. The number of benzene rings is 2. The van der Waals surface area contributed by atoms with Gasteiger partial charge in [-0.3, -0.25) is 0 Å². The summed E-state index contributed by atoms with van der Waals surface area (Å²) in [6.45, 7) is 2.00. The molecule has 0 saturated heterocycles. The van der Waals surface area contributed by atoms with Crippen molar-refractivity contribution in [3.8, 4) is 23.0 Å². The second-order valence-electron chi connectivity index (χ2n) is 5.48. The molecule has 0 aromatic heterocycles. The van der Waals surface area contributed by atoms with Gasteiger partial charge in [0.1, 0.15) is 17.5 Å². The lowest BCUT2D eigenvalue weighted by Crippen LogP contribution is -2.02. The van der Waals surface area contributed by atoms with Crippen LogP contribution in [-0.2, 0) is 6.42 Å². The van der Waals surface area contributed by atoms with E-state index < -0.39 is 29.2 Å². The Bertz CT molecular complexity index is 801. The Balaban J connectivity index is 2.39. The number of alkyl halides is 3. The number of hydrogen-bond acceptors (Lipinski definition) is 0. The van der Waals surface area contributed by atoms with Crippen LogP contribution in [0.2, 0.25) is 0 Å². The normalized spacial score (nSPS) is 11.2. The van der Waals surface area contributed by atoms with E-state index in [1.165, 1.54) is 18.1 Å². The Morgan fingerprint density at radius 2 is 1.56 bits per heavy atom. The molecule has 0 heterocycles. The van der Waals surface area contributed by atoms with Crippen LogP contribution in [0.25, 0.3) is 11.1 Å². The fourth-order valence-electron chi connectivity index (χ4n) is 2.31. The minimum absolute atomic E-state index is 0.0339. The van der Waals surface area contributed by atoms with Gasteiger partial charge in [-0.15, -0.1) is 0 Å². The van der Waals surface area contributed by atoms with Crippen molar-refractivity contribution in [3.63, 3.8) is 0 Å².